The molecule has 4 heteroatoms. The third-order valence-corrected chi connectivity index (χ3v) is 3.56. The van der Waals surface area contributed by atoms with E-state index in [0.717, 1.165) is 37.6 Å². The van der Waals surface area contributed by atoms with Crippen LogP contribution < -0.4 is 5.32 Å². The van der Waals surface area contributed by atoms with Crippen LogP contribution in [0.1, 0.15) is 24.6 Å². The van der Waals surface area contributed by atoms with Gasteiger partial charge in [-0.2, -0.15) is 11.3 Å². The van der Waals surface area contributed by atoms with Gasteiger partial charge in [-0.05, 0) is 48.0 Å². The molecule has 0 saturated heterocycles. The van der Waals surface area contributed by atoms with Crippen LogP contribution in [0.5, 0.6) is 0 Å². The second kappa shape index (κ2) is 7.26. The fraction of sp³-hybridized carbons (Fsp3) is 0.400. The Morgan fingerprint density at radius 2 is 2.16 bits per heavy atom. The molecule has 0 aliphatic carbocycles. The highest BCUT2D eigenvalue weighted by molar-refractivity contribution is 7.07. The molecule has 19 heavy (non-hydrogen) atoms. The first-order valence-electron chi connectivity index (χ1n) is 6.67. The Kier molecular flexibility index (Phi) is 5.36. The minimum Gasteiger partial charge on any atom is -0.370 e. The van der Waals surface area contributed by atoms with E-state index in [1.54, 1.807) is 11.3 Å². The summed E-state index contributed by atoms with van der Waals surface area (Å²) in [5, 5.41) is 7.64. The van der Waals surface area contributed by atoms with Crippen LogP contribution in [0.4, 0.5) is 5.82 Å². The number of aromatic nitrogens is 1. The largest absolute Gasteiger partial charge is 0.370 e. The van der Waals surface area contributed by atoms with E-state index in [2.05, 4.69) is 58.1 Å². The minimum absolute atomic E-state index is 0.873. The van der Waals surface area contributed by atoms with E-state index in [-0.39, 0.29) is 0 Å². The number of anilines is 1. The first kappa shape index (κ1) is 14.0. The normalized spacial score (nSPS) is 10.9. The number of hydrogen-bond acceptors (Lipinski definition) is 4. The smallest absolute Gasteiger partial charge is 0.126 e. The molecule has 0 saturated carbocycles. The maximum atomic E-state index is 4.63. The summed E-state index contributed by atoms with van der Waals surface area (Å²) in [7, 11) is 2.13. The molecule has 0 atom stereocenters. The van der Waals surface area contributed by atoms with Crippen LogP contribution in [0.25, 0.3) is 0 Å². The van der Waals surface area contributed by atoms with Crippen molar-refractivity contribution in [1.29, 1.82) is 0 Å². The fourth-order valence-electron chi connectivity index (χ4n) is 1.95. The Bertz CT molecular complexity index is 482. The van der Waals surface area contributed by atoms with Crippen LogP contribution in [-0.2, 0) is 13.1 Å². The zero-order valence-corrected chi connectivity index (χ0v) is 12.4. The van der Waals surface area contributed by atoms with Gasteiger partial charge >= 0.3 is 0 Å². The number of hydrogen-bond donors (Lipinski definition) is 1. The van der Waals surface area contributed by atoms with E-state index in [1.165, 1.54) is 5.56 Å². The van der Waals surface area contributed by atoms with E-state index < -0.39 is 0 Å². The Morgan fingerprint density at radius 1 is 1.26 bits per heavy atom. The van der Waals surface area contributed by atoms with Gasteiger partial charge in [0, 0.05) is 19.6 Å². The van der Waals surface area contributed by atoms with Gasteiger partial charge in [-0.3, -0.25) is 4.90 Å². The topological polar surface area (TPSA) is 28.2 Å². The number of thiophene rings is 1. The average Bonchev–Trinajstić information content (AvgIpc) is 2.89. The van der Waals surface area contributed by atoms with Gasteiger partial charge in [0.1, 0.15) is 5.82 Å². The number of pyridine rings is 1. The van der Waals surface area contributed by atoms with Crippen molar-refractivity contribution in [2.24, 2.45) is 0 Å². The van der Waals surface area contributed by atoms with E-state index in [1.807, 2.05) is 6.07 Å². The lowest BCUT2D eigenvalue weighted by molar-refractivity contribution is 0.315. The molecule has 0 amide bonds. The zero-order chi connectivity index (χ0) is 13.5. The first-order valence-corrected chi connectivity index (χ1v) is 7.61. The fourth-order valence-corrected chi connectivity index (χ4v) is 2.61. The van der Waals surface area contributed by atoms with Crippen molar-refractivity contribution in [2.75, 3.05) is 18.9 Å². The SMILES string of the molecule is CCCNc1cccc(CN(C)Cc2ccsc2)n1. The molecular weight excluding hydrogens is 254 g/mol. The highest BCUT2D eigenvalue weighted by Crippen LogP contribution is 2.11. The van der Waals surface area contributed by atoms with Crippen LogP contribution in [-0.4, -0.2) is 23.5 Å². The van der Waals surface area contributed by atoms with Crippen molar-refractivity contribution in [3.8, 4) is 0 Å². The summed E-state index contributed by atoms with van der Waals surface area (Å²) >= 11 is 1.75. The summed E-state index contributed by atoms with van der Waals surface area (Å²) in [4.78, 5) is 6.92. The molecule has 2 heterocycles. The predicted molar refractivity (Wildman–Crippen MR) is 82.5 cm³/mol. The Hall–Kier alpha value is -1.39. The lowest BCUT2D eigenvalue weighted by atomic mass is 10.3. The second-order valence-corrected chi connectivity index (χ2v) is 5.52. The lowest BCUT2D eigenvalue weighted by Crippen LogP contribution is -2.18. The summed E-state index contributed by atoms with van der Waals surface area (Å²) in [6.07, 6.45) is 1.12. The third kappa shape index (κ3) is 4.65. The molecule has 0 bridgehead atoms. The van der Waals surface area contributed by atoms with Gasteiger partial charge in [0.25, 0.3) is 0 Å². The van der Waals surface area contributed by atoms with E-state index >= 15 is 0 Å². The van der Waals surface area contributed by atoms with Crippen LogP contribution in [0.3, 0.4) is 0 Å². The molecular formula is C15H21N3S. The number of rotatable bonds is 7. The molecule has 3 nitrogen and oxygen atoms in total. The molecule has 0 radical (unpaired) electrons. The minimum atomic E-state index is 0.873. The van der Waals surface area contributed by atoms with Crippen LogP contribution in [0.2, 0.25) is 0 Å². The van der Waals surface area contributed by atoms with Gasteiger partial charge < -0.3 is 5.32 Å². The summed E-state index contributed by atoms with van der Waals surface area (Å²) in [6.45, 7) is 4.97. The number of nitrogens with zero attached hydrogens (tertiary/aromatic N) is 2. The summed E-state index contributed by atoms with van der Waals surface area (Å²) in [6, 6.07) is 8.35. The van der Waals surface area contributed by atoms with Gasteiger partial charge in [0.15, 0.2) is 0 Å². The van der Waals surface area contributed by atoms with Crippen molar-refractivity contribution in [3.63, 3.8) is 0 Å². The second-order valence-electron chi connectivity index (χ2n) is 4.74. The van der Waals surface area contributed by atoms with E-state index in [4.69, 9.17) is 0 Å². The summed E-state index contributed by atoms with van der Waals surface area (Å²) < 4.78 is 0. The van der Waals surface area contributed by atoms with E-state index in [0.29, 0.717) is 0 Å². The molecule has 0 aliphatic heterocycles. The molecule has 0 spiro atoms. The van der Waals surface area contributed by atoms with Gasteiger partial charge in [0.2, 0.25) is 0 Å². The highest BCUT2D eigenvalue weighted by Gasteiger charge is 2.04. The molecule has 0 aromatic carbocycles. The molecule has 102 valence electrons. The van der Waals surface area contributed by atoms with Crippen LogP contribution in [0, 0.1) is 0 Å². The molecule has 1 N–H and O–H groups in total. The summed E-state index contributed by atoms with van der Waals surface area (Å²) in [5.41, 5.74) is 2.48. The highest BCUT2D eigenvalue weighted by atomic mass is 32.1. The van der Waals surface area contributed by atoms with E-state index in [9.17, 15) is 0 Å². The third-order valence-electron chi connectivity index (χ3n) is 2.83. The van der Waals surface area contributed by atoms with Gasteiger partial charge in [0.05, 0.1) is 5.69 Å². The Balaban J connectivity index is 1.90. The number of nitrogens with one attached hydrogen (secondary N) is 1. The van der Waals surface area contributed by atoms with Crippen molar-refractivity contribution >= 4 is 17.2 Å². The van der Waals surface area contributed by atoms with Gasteiger partial charge in [-0.25, -0.2) is 4.98 Å². The predicted octanol–water partition coefficient (Wildman–Crippen LogP) is 3.60. The monoisotopic (exact) mass is 275 g/mol. The van der Waals surface area contributed by atoms with Crippen molar-refractivity contribution in [1.82, 2.24) is 9.88 Å². The maximum absolute atomic E-state index is 4.63. The van der Waals surface area contributed by atoms with Crippen molar-refractivity contribution < 1.29 is 0 Å². The first-order chi connectivity index (χ1) is 9.28. The van der Waals surface area contributed by atoms with Crippen LogP contribution in [0.15, 0.2) is 35.0 Å². The quantitative estimate of drug-likeness (QED) is 0.837. The van der Waals surface area contributed by atoms with Gasteiger partial charge in [-0.1, -0.05) is 13.0 Å². The molecule has 2 aromatic rings. The standard InChI is InChI=1S/C15H21N3S/c1-3-8-16-15-6-4-5-14(17-15)11-18(2)10-13-7-9-19-12-13/h4-7,9,12H,3,8,10-11H2,1-2H3,(H,16,17). The van der Waals surface area contributed by atoms with Crippen LogP contribution >= 0.6 is 11.3 Å². The summed E-state index contributed by atoms with van der Waals surface area (Å²) in [5.74, 6) is 0.975. The van der Waals surface area contributed by atoms with Crippen molar-refractivity contribution in [2.45, 2.75) is 26.4 Å². The molecule has 2 aromatic heterocycles. The lowest BCUT2D eigenvalue weighted by Gasteiger charge is -2.16. The molecule has 0 fully saturated rings. The molecule has 0 aliphatic rings. The average molecular weight is 275 g/mol. The molecule has 0 unspecified atom stereocenters. The van der Waals surface area contributed by atoms with Crippen molar-refractivity contribution in [3.05, 3.63) is 46.3 Å². The molecule has 2 rings (SSSR count). The van der Waals surface area contributed by atoms with Gasteiger partial charge in [-0.15, -0.1) is 0 Å². The zero-order valence-electron chi connectivity index (χ0n) is 11.6. The maximum Gasteiger partial charge on any atom is 0.126 e. The Labute approximate surface area is 119 Å². The Morgan fingerprint density at radius 3 is 2.89 bits per heavy atom.